The average molecular weight is 361 g/mol. The Hall–Kier alpha value is -3.25. The molecular weight excluding hydrogens is 350 g/mol. The molecule has 1 aromatic heterocycles. The van der Waals surface area contributed by atoms with Crippen molar-refractivity contribution in [1.29, 1.82) is 0 Å². The molecule has 5 nitrogen and oxygen atoms in total. The number of hydrogen-bond donors (Lipinski definition) is 1. The summed E-state index contributed by atoms with van der Waals surface area (Å²) < 4.78 is 5.22. The monoisotopic (exact) mass is 361 g/mol. The number of methoxy groups -OCH3 is 1. The number of imide groups is 1. The second-order valence-electron chi connectivity index (χ2n) is 6.11. The first kappa shape index (κ1) is 15.0. The predicted octanol–water partition coefficient (Wildman–Crippen LogP) is 3.52. The third kappa shape index (κ3) is 1.82. The number of benzene rings is 2. The zero-order valence-corrected chi connectivity index (χ0v) is 14.4. The smallest absolute Gasteiger partial charge is 0.259 e. The minimum Gasteiger partial charge on any atom is -0.497 e. The Labute approximate surface area is 152 Å². The van der Waals surface area contributed by atoms with Crippen LogP contribution in [0.5, 0.6) is 5.75 Å². The van der Waals surface area contributed by atoms with Crippen LogP contribution in [-0.4, -0.2) is 24.7 Å². The molecule has 1 aliphatic carbocycles. The van der Waals surface area contributed by atoms with Gasteiger partial charge in [-0.1, -0.05) is 12.1 Å². The van der Waals surface area contributed by atoms with Gasteiger partial charge < -0.3 is 4.74 Å². The molecule has 2 aromatic carbocycles. The molecule has 0 unspecified atom stereocenters. The molecule has 3 aromatic rings. The molecule has 0 radical (unpaired) electrons. The van der Waals surface area contributed by atoms with Crippen LogP contribution in [0.2, 0.25) is 0 Å². The van der Waals surface area contributed by atoms with E-state index in [4.69, 9.17) is 4.74 Å². The van der Waals surface area contributed by atoms with Gasteiger partial charge in [0.05, 0.1) is 18.2 Å². The van der Waals surface area contributed by atoms with Crippen molar-refractivity contribution in [2.45, 2.75) is 0 Å². The standard InChI is InChI=1S/C20H11NO4S/c1-25-9-5-6-10-13(7-9)17(22)16-14(10)8-26-18(16)11-3-2-4-12-15(11)20(24)21-19(12)23/h2-8H,1H3,(H,21,23,24). The lowest BCUT2D eigenvalue weighted by molar-refractivity contribution is 0.0879. The molecule has 2 heterocycles. The van der Waals surface area contributed by atoms with Crippen molar-refractivity contribution in [2.75, 3.05) is 7.11 Å². The van der Waals surface area contributed by atoms with Gasteiger partial charge in [0.15, 0.2) is 5.78 Å². The van der Waals surface area contributed by atoms with Crippen LogP contribution < -0.4 is 10.1 Å². The molecule has 126 valence electrons. The van der Waals surface area contributed by atoms with Gasteiger partial charge in [-0.2, -0.15) is 0 Å². The van der Waals surface area contributed by atoms with Crippen LogP contribution in [0.25, 0.3) is 21.6 Å². The van der Waals surface area contributed by atoms with Crippen LogP contribution in [0, 0.1) is 0 Å². The lowest BCUT2D eigenvalue weighted by Crippen LogP contribution is -2.20. The first-order valence-electron chi connectivity index (χ1n) is 7.94. The highest BCUT2D eigenvalue weighted by Gasteiger charge is 2.35. The fraction of sp³-hybridized carbons (Fsp3) is 0.0500. The summed E-state index contributed by atoms with van der Waals surface area (Å²) in [6.07, 6.45) is 0. The third-order valence-electron chi connectivity index (χ3n) is 4.79. The van der Waals surface area contributed by atoms with Gasteiger partial charge in [0.25, 0.3) is 11.8 Å². The Morgan fingerprint density at radius 3 is 2.46 bits per heavy atom. The maximum Gasteiger partial charge on any atom is 0.259 e. The maximum absolute atomic E-state index is 13.0. The Balaban J connectivity index is 1.74. The predicted molar refractivity (Wildman–Crippen MR) is 97.0 cm³/mol. The summed E-state index contributed by atoms with van der Waals surface area (Å²) in [5.41, 5.74) is 4.19. The molecule has 1 aliphatic heterocycles. The van der Waals surface area contributed by atoms with Crippen molar-refractivity contribution in [3.05, 3.63) is 64.0 Å². The zero-order valence-electron chi connectivity index (χ0n) is 13.6. The zero-order chi connectivity index (χ0) is 18.0. The second-order valence-corrected chi connectivity index (χ2v) is 6.99. The number of ketones is 1. The van der Waals surface area contributed by atoms with Gasteiger partial charge >= 0.3 is 0 Å². The molecule has 0 saturated carbocycles. The molecule has 0 spiro atoms. The Bertz CT molecular complexity index is 1160. The van der Waals surface area contributed by atoms with E-state index in [2.05, 4.69) is 5.32 Å². The van der Waals surface area contributed by atoms with Crippen LogP contribution in [0.15, 0.2) is 41.8 Å². The molecule has 5 rings (SSSR count). The van der Waals surface area contributed by atoms with Gasteiger partial charge in [0.2, 0.25) is 0 Å². The number of carbonyl (C=O) groups excluding carboxylic acids is 3. The molecule has 0 fully saturated rings. The van der Waals surface area contributed by atoms with Gasteiger partial charge in [-0.15, -0.1) is 11.3 Å². The number of amides is 2. The Morgan fingerprint density at radius 1 is 0.846 bits per heavy atom. The van der Waals surface area contributed by atoms with Crippen molar-refractivity contribution < 1.29 is 19.1 Å². The van der Waals surface area contributed by atoms with E-state index in [1.807, 2.05) is 17.5 Å². The molecule has 26 heavy (non-hydrogen) atoms. The fourth-order valence-corrected chi connectivity index (χ4v) is 4.69. The molecule has 1 N–H and O–H groups in total. The highest BCUT2D eigenvalue weighted by molar-refractivity contribution is 7.14. The number of nitrogens with one attached hydrogen (secondary N) is 1. The van der Waals surface area contributed by atoms with E-state index in [1.165, 1.54) is 11.3 Å². The summed E-state index contributed by atoms with van der Waals surface area (Å²) in [4.78, 5) is 37.9. The highest BCUT2D eigenvalue weighted by Crippen LogP contribution is 2.47. The molecule has 2 aliphatic rings. The van der Waals surface area contributed by atoms with E-state index in [-0.39, 0.29) is 5.78 Å². The minimum atomic E-state index is -0.424. The largest absolute Gasteiger partial charge is 0.497 e. The SMILES string of the molecule is COc1ccc2c(c1)C(=O)c1c-2csc1-c1cccc2c1C(=O)NC2=O. The van der Waals surface area contributed by atoms with E-state index >= 15 is 0 Å². The summed E-state index contributed by atoms with van der Waals surface area (Å²) >= 11 is 1.41. The average Bonchev–Trinajstić information content (AvgIpc) is 3.29. The number of fused-ring (bicyclic) bond motifs is 4. The van der Waals surface area contributed by atoms with Crippen molar-refractivity contribution in [3.63, 3.8) is 0 Å². The van der Waals surface area contributed by atoms with E-state index in [9.17, 15) is 14.4 Å². The Morgan fingerprint density at radius 2 is 1.65 bits per heavy atom. The molecule has 0 atom stereocenters. The van der Waals surface area contributed by atoms with E-state index in [1.54, 1.807) is 31.4 Å². The van der Waals surface area contributed by atoms with Gasteiger partial charge in [0, 0.05) is 27.1 Å². The van der Waals surface area contributed by atoms with Gasteiger partial charge in [-0.3, -0.25) is 19.7 Å². The molecule has 0 bridgehead atoms. The Kier molecular flexibility index (Phi) is 2.96. The molecular formula is C20H11NO4S. The van der Waals surface area contributed by atoms with Gasteiger partial charge in [0.1, 0.15) is 5.75 Å². The van der Waals surface area contributed by atoms with Crippen LogP contribution in [0.4, 0.5) is 0 Å². The first-order valence-corrected chi connectivity index (χ1v) is 8.81. The molecule has 0 saturated heterocycles. The van der Waals surface area contributed by atoms with Crippen molar-refractivity contribution in [2.24, 2.45) is 0 Å². The van der Waals surface area contributed by atoms with Crippen LogP contribution in [0.1, 0.15) is 36.6 Å². The lowest BCUT2D eigenvalue weighted by atomic mass is 9.98. The van der Waals surface area contributed by atoms with Crippen molar-refractivity contribution >= 4 is 28.9 Å². The highest BCUT2D eigenvalue weighted by atomic mass is 32.1. The van der Waals surface area contributed by atoms with E-state index in [0.717, 1.165) is 11.1 Å². The number of thiophene rings is 1. The molecule has 2 amide bonds. The van der Waals surface area contributed by atoms with E-state index in [0.29, 0.717) is 38.4 Å². The maximum atomic E-state index is 13.0. The normalized spacial score (nSPS) is 14.1. The third-order valence-corrected chi connectivity index (χ3v) is 5.80. The summed E-state index contributed by atoms with van der Waals surface area (Å²) in [5, 5.41) is 4.25. The van der Waals surface area contributed by atoms with Crippen LogP contribution in [-0.2, 0) is 0 Å². The quantitative estimate of drug-likeness (QED) is 0.555. The lowest BCUT2D eigenvalue weighted by Gasteiger charge is -2.06. The van der Waals surface area contributed by atoms with Crippen molar-refractivity contribution in [1.82, 2.24) is 5.32 Å². The number of rotatable bonds is 2. The summed E-state index contributed by atoms with van der Waals surface area (Å²) in [6, 6.07) is 10.6. The van der Waals surface area contributed by atoms with Crippen LogP contribution in [0.3, 0.4) is 0 Å². The van der Waals surface area contributed by atoms with Crippen LogP contribution >= 0.6 is 11.3 Å². The first-order chi connectivity index (χ1) is 12.6. The second kappa shape index (κ2) is 5.12. The topological polar surface area (TPSA) is 72.5 Å². The minimum absolute atomic E-state index is 0.0903. The van der Waals surface area contributed by atoms with E-state index < -0.39 is 11.8 Å². The summed E-state index contributed by atoms with van der Waals surface area (Å²) in [7, 11) is 1.56. The van der Waals surface area contributed by atoms with Gasteiger partial charge in [-0.25, -0.2) is 0 Å². The van der Waals surface area contributed by atoms with Crippen molar-refractivity contribution in [3.8, 4) is 27.3 Å². The molecule has 6 heteroatoms. The number of carbonyl (C=O) groups is 3. The number of ether oxygens (including phenoxy) is 1. The summed E-state index contributed by atoms with van der Waals surface area (Å²) in [5.74, 6) is -0.294. The number of hydrogen-bond acceptors (Lipinski definition) is 5. The summed E-state index contributed by atoms with van der Waals surface area (Å²) in [6.45, 7) is 0. The van der Waals surface area contributed by atoms with Gasteiger partial charge in [-0.05, 0) is 35.2 Å². The fourth-order valence-electron chi connectivity index (χ4n) is 3.60.